The third-order valence-electron chi connectivity index (χ3n) is 2.66. The van der Waals surface area contributed by atoms with Crippen molar-refractivity contribution in [3.63, 3.8) is 0 Å². The molecule has 0 fully saturated rings. The standard InChI is InChI=1S/C11H14N4OS/c1-11(2,6-8(12)16)15-9-7(14-10(15)17)4-3-5-13-9/h3-5H,6H2,1-2H3,(H2,12,16)(H,14,17). The molecule has 0 radical (unpaired) electrons. The van der Waals surface area contributed by atoms with Gasteiger partial charge in [-0.15, -0.1) is 0 Å². The molecule has 2 aromatic heterocycles. The fourth-order valence-corrected chi connectivity index (χ4v) is 2.45. The molecule has 6 heteroatoms. The van der Waals surface area contributed by atoms with E-state index in [1.807, 2.05) is 30.5 Å². The molecular formula is C11H14N4OS. The van der Waals surface area contributed by atoms with Crippen molar-refractivity contribution in [2.24, 2.45) is 5.73 Å². The molecule has 2 heterocycles. The minimum absolute atomic E-state index is 0.213. The zero-order chi connectivity index (χ0) is 12.6. The van der Waals surface area contributed by atoms with Crippen molar-refractivity contribution >= 4 is 29.3 Å². The second-order valence-corrected chi connectivity index (χ2v) is 4.98. The number of imidazole rings is 1. The first-order valence-corrected chi connectivity index (χ1v) is 5.67. The highest BCUT2D eigenvalue weighted by Gasteiger charge is 2.26. The fraction of sp³-hybridized carbons (Fsp3) is 0.364. The largest absolute Gasteiger partial charge is 0.370 e. The first-order chi connectivity index (χ1) is 7.92. The van der Waals surface area contributed by atoms with Gasteiger partial charge in [-0.1, -0.05) is 0 Å². The monoisotopic (exact) mass is 250 g/mol. The summed E-state index contributed by atoms with van der Waals surface area (Å²) in [5.74, 6) is -0.359. The highest BCUT2D eigenvalue weighted by molar-refractivity contribution is 7.71. The Balaban J connectivity index is 2.66. The van der Waals surface area contributed by atoms with Crippen molar-refractivity contribution in [3.05, 3.63) is 23.1 Å². The predicted molar refractivity (Wildman–Crippen MR) is 68.1 cm³/mol. The van der Waals surface area contributed by atoms with E-state index in [0.717, 1.165) is 11.2 Å². The minimum atomic E-state index is -0.491. The van der Waals surface area contributed by atoms with Crippen LogP contribution in [0.5, 0.6) is 0 Å². The van der Waals surface area contributed by atoms with Crippen molar-refractivity contribution < 1.29 is 4.79 Å². The van der Waals surface area contributed by atoms with Crippen LogP contribution < -0.4 is 5.73 Å². The second-order valence-electron chi connectivity index (χ2n) is 4.60. The maximum absolute atomic E-state index is 11.1. The Hall–Kier alpha value is -1.69. The van der Waals surface area contributed by atoms with Crippen molar-refractivity contribution in [2.45, 2.75) is 25.8 Å². The van der Waals surface area contributed by atoms with E-state index in [1.54, 1.807) is 6.20 Å². The molecule has 0 aliphatic heterocycles. The van der Waals surface area contributed by atoms with E-state index in [0.29, 0.717) is 4.77 Å². The van der Waals surface area contributed by atoms with Gasteiger partial charge in [0.05, 0.1) is 11.1 Å². The van der Waals surface area contributed by atoms with Crippen molar-refractivity contribution in [1.29, 1.82) is 0 Å². The van der Waals surface area contributed by atoms with Crippen LogP contribution in [-0.4, -0.2) is 20.4 Å². The van der Waals surface area contributed by atoms with Crippen LogP contribution in [0.25, 0.3) is 11.2 Å². The summed E-state index contributed by atoms with van der Waals surface area (Å²) in [5, 5.41) is 0. The SMILES string of the molecule is CC(C)(CC(N)=O)n1c(=S)[nH]c2cccnc21. The Morgan fingerprint density at radius 3 is 3.00 bits per heavy atom. The number of fused-ring (bicyclic) bond motifs is 1. The predicted octanol–water partition coefficient (Wildman–Crippen LogP) is 1.70. The number of H-pyrrole nitrogens is 1. The molecule has 2 rings (SSSR count). The zero-order valence-corrected chi connectivity index (χ0v) is 10.5. The highest BCUT2D eigenvalue weighted by atomic mass is 32.1. The maximum Gasteiger partial charge on any atom is 0.219 e. The van der Waals surface area contributed by atoms with Gasteiger partial charge in [-0.2, -0.15) is 0 Å². The summed E-state index contributed by atoms with van der Waals surface area (Å²) >= 11 is 5.27. The van der Waals surface area contributed by atoms with Crippen LogP contribution in [0.2, 0.25) is 0 Å². The first kappa shape index (κ1) is 11.8. The van der Waals surface area contributed by atoms with Gasteiger partial charge in [0.2, 0.25) is 5.91 Å². The number of carbonyl (C=O) groups is 1. The molecule has 17 heavy (non-hydrogen) atoms. The molecule has 0 saturated heterocycles. The molecule has 0 spiro atoms. The van der Waals surface area contributed by atoms with Crippen LogP contribution in [0.1, 0.15) is 20.3 Å². The summed E-state index contributed by atoms with van der Waals surface area (Å²) in [6.45, 7) is 3.82. The number of rotatable bonds is 3. The molecule has 0 bridgehead atoms. The number of nitrogens with two attached hydrogens (primary N) is 1. The molecule has 0 atom stereocenters. The number of carbonyl (C=O) groups excluding carboxylic acids is 1. The molecule has 2 aromatic rings. The molecule has 5 nitrogen and oxygen atoms in total. The Bertz CT molecular complexity index is 626. The summed E-state index contributed by atoms with van der Waals surface area (Å²) in [4.78, 5) is 18.5. The first-order valence-electron chi connectivity index (χ1n) is 5.26. The maximum atomic E-state index is 11.1. The lowest BCUT2D eigenvalue weighted by Crippen LogP contribution is -2.32. The van der Waals surface area contributed by atoms with Crippen molar-refractivity contribution in [1.82, 2.24) is 14.5 Å². The number of primary amides is 1. The van der Waals surface area contributed by atoms with Gasteiger partial charge in [0.15, 0.2) is 10.4 Å². The van der Waals surface area contributed by atoms with E-state index in [1.165, 1.54) is 0 Å². The summed E-state index contributed by atoms with van der Waals surface area (Å²) in [6, 6.07) is 3.73. The lowest BCUT2D eigenvalue weighted by molar-refractivity contribution is -0.119. The highest BCUT2D eigenvalue weighted by Crippen LogP contribution is 2.24. The van der Waals surface area contributed by atoms with Gasteiger partial charge < -0.3 is 10.7 Å². The van der Waals surface area contributed by atoms with Gasteiger partial charge in [-0.05, 0) is 38.2 Å². The van der Waals surface area contributed by atoms with Gasteiger partial charge in [0, 0.05) is 12.6 Å². The van der Waals surface area contributed by atoms with Crippen molar-refractivity contribution in [3.8, 4) is 0 Å². The summed E-state index contributed by atoms with van der Waals surface area (Å²) in [5.41, 5.74) is 6.37. The van der Waals surface area contributed by atoms with Gasteiger partial charge >= 0.3 is 0 Å². The lowest BCUT2D eigenvalue weighted by atomic mass is 10.00. The van der Waals surface area contributed by atoms with E-state index >= 15 is 0 Å². The van der Waals surface area contributed by atoms with Gasteiger partial charge in [-0.25, -0.2) is 4.98 Å². The number of hydrogen-bond acceptors (Lipinski definition) is 3. The Kier molecular flexibility index (Phi) is 2.74. The van der Waals surface area contributed by atoms with E-state index in [4.69, 9.17) is 18.0 Å². The Morgan fingerprint density at radius 1 is 1.65 bits per heavy atom. The summed E-state index contributed by atoms with van der Waals surface area (Å²) in [6.07, 6.45) is 1.91. The second kappa shape index (κ2) is 3.96. The van der Waals surface area contributed by atoms with Gasteiger partial charge in [-0.3, -0.25) is 9.36 Å². The topological polar surface area (TPSA) is 76.7 Å². The minimum Gasteiger partial charge on any atom is -0.370 e. The quantitative estimate of drug-likeness (QED) is 0.814. The van der Waals surface area contributed by atoms with Gasteiger partial charge in [0.25, 0.3) is 0 Å². The van der Waals surface area contributed by atoms with E-state index < -0.39 is 5.54 Å². The van der Waals surface area contributed by atoms with Crippen LogP contribution in [0, 0.1) is 4.77 Å². The number of aromatic nitrogens is 3. The lowest BCUT2D eigenvalue weighted by Gasteiger charge is -2.25. The molecule has 0 aliphatic rings. The summed E-state index contributed by atoms with van der Waals surface area (Å²) < 4.78 is 2.38. The number of aromatic amines is 1. The number of nitrogens with zero attached hydrogens (tertiary/aromatic N) is 2. The van der Waals surface area contributed by atoms with Crippen LogP contribution in [0.15, 0.2) is 18.3 Å². The van der Waals surface area contributed by atoms with E-state index in [-0.39, 0.29) is 12.3 Å². The van der Waals surface area contributed by atoms with Crippen LogP contribution in [-0.2, 0) is 10.3 Å². The average Bonchev–Trinajstić information content (AvgIpc) is 2.51. The van der Waals surface area contributed by atoms with Crippen LogP contribution >= 0.6 is 12.2 Å². The number of pyridine rings is 1. The molecule has 3 N–H and O–H groups in total. The van der Waals surface area contributed by atoms with Crippen LogP contribution in [0.3, 0.4) is 0 Å². The number of amides is 1. The Morgan fingerprint density at radius 2 is 2.35 bits per heavy atom. The molecule has 1 amide bonds. The zero-order valence-electron chi connectivity index (χ0n) is 9.73. The van der Waals surface area contributed by atoms with Crippen LogP contribution in [0.4, 0.5) is 0 Å². The third kappa shape index (κ3) is 2.08. The molecule has 0 unspecified atom stereocenters. The third-order valence-corrected chi connectivity index (χ3v) is 2.94. The smallest absolute Gasteiger partial charge is 0.219 e. The number of nitrogens with one attached hydrogen (secondary N) is 1. The van der Waals surface area contributed by atoms with Gasteiger partial charge in [0.1, 0.15) is 0 Å². The molecule has 0 aromatic carbocycles. The molecule has 90 valence electrons. The molecule has 0 aliphatic carbocycles. The molecular weight excluding hydrogens is 236 g/mol. The van der Waals surface area contributed by atoms with E-state index in [2.05, 4.69) is 9.97 Å². The normalized spacial score (nSPS) is 11.9. The van der Waals surface area contributed by atoms with Crippen molar-refractivity contribution in [2.75, 3.05) is 0 Å². The van der Waals surface area contributed by atoms with E-state index in [9.17, 15) is 4.79 Å². The average molecular weight is 250 g/mol. The number of hydrogen-bond donors (Lipinski definition) is 2. The Labute approximate surface area is 104 Å². The molecule has 0 saturated carbocycles. The summed E-state index contributed by atoms with van der Waals surface area (Å²) in [7, 11) is 0. The fourth-order valence-electron chi connectivity index (χ4n) is 2.01.